The van der Waals surface area contributed by atoms with Crippen molar-refractivity contribution < 1.29 is 14.3 Å². The molecule has 2 saturated carbocycles. The van der Waals surface area contributed by atoms with Crippen molar-refractivity contribution in [2.75, 3.05) is 7.11 Å². The zero-order chi connectivity index (χ0) is 28.9. The first kappa shape index (κ1) is 29.4. The van der Waals surface area contributed by atoms with Gasteiger partial charge in [-0.1, -0.05) is 78.1 Å². The number of Topliss-reactive ketones (excluding diaryl/α,β-unsaturated/α-hetero) is 1. The maximum absolute atomic E-state index is 15.5. The summed E-state index contributed by atoms with van der Waals surface area (Å²) >= 11 is 6.94. The number of nitrogens with zero attached hydrogens (tertiary/aromatic N) is 2. The molecule has 6 heteroatoms. The van der Waals surface area contributed by atoms with Crippen LogP contribution in [-0.2, 0) is 4.74 Å². The van der Waals surface area contributed by atoms with Gasteiger partial charge in [-0.15, -0.1) is 0 Å². The number of methoxy groups -OCH3 is 1. The molecule has 0 amide bonds. The van der Waals surface area contributed by atoms with E-state index in [2.05, 4.69) is 52.6 Å². The normalized spacial score (nSPS) is 34.4. The zero-order valence-electron chi connectivity index (χ0n) is 25.3. The maximum Gasteiger partial charge on any atom is 0.356 e. The van der Waals surface area contributed by atoms with Crippen molar-refractivity contribution in [2.24, 2.45) is 52.8 Å². The highest BCUT2D eigenvalue weighted by atomic mass is 35.5. The Bertz CT molecular complexity index is 1220. The molecule has 218 valence electrons. The average Bonchev–Trinajstić information content (AvgIpc) is 3.49. The van der Waals surface area contributed by atoms with E-state index in [0.717, 1.165) is 31.2 Å². The summed E-state index contributed by atoms with van der Waals surface area (Å²) in [4.78, 5) is 33.1. The van der Waals surface area contributed by atoms with Crippen LogP contribution in [0.5, 0.6) is 0 Å². The van der Waals surface area contributed by atoms with Crippen molar-refractivity contribution >= 4 is 23.4 Å². The number of halogens is 1. The number of imidazole rings is 1. The lowest BCUT2D eigenvalue weighted by Crippen LogP contribution is -2.56. The van der Waals surface area contributed by atoms with Crippen molar-refractivity contribution in [3.63, 3.8) is 0 Å². The second-order valence-electron chi connectivity index (χ2n) is 13.9. The first-order valence-corrected chi connectivity index (χ1v) is 15.8. The number of ether oxygens (including phenoxy) is 1. The fraction of sp³-hybridized carbons (Fsp3) is 0.676. The number of esters is 1. The van der Waals surface area contributed by atoms with Crippen LogP contribution in [0.15, 0.2) is 30.7 Å². The molecule has 3 aliphatic rings. The molecular formula is C34H47ClN2O3. The Morgan fingerprint density at radius 3 is 2.10 bits per heavy atom. The van der Waals surface area contributed by atoms with E-state index < -0.39 is 11.4 Å². The van der Waals surface area contributed by atoms with Gasteiger partial charge in [-0.2, -0.15) is 0 Å². The monoisotopic (exact) mass is 566 g/mol. The van der Waals surface area contributed by atoms with Crippen LogP contribution in [0.1, 0.15) is 113 Å². The highest BCUT2D eigenvalue weighted by molar-refractivity contribution is 6.35. The summed E-state index contributed by atoms with van der Waals surface area (Å²) in [5.41, 5.74) is 1.25. The van der Waals surface area contributed by atoms with E-state index in [1.807, 2.05) is 16.7 Å². The Hall–Kier alpha value is -2.14. The van der Waals surface area contributed by atoms with Crippen molar-refractivity contribution in [1.82, 2.24) is 9.55 Å². The van der Waals surface area contributed by atoms with Crippen LogP contribution >= 0.6 is 11.6 Å². The Morgan fingerprint density at radius 1 is 1.00 bits per heavy atom. The lowest BCUT2D eigenvalue weighted by atomic mass is 9.47. The Morgan fingerprint density at radius 2 is 1.57 bits per heavy atom. The number of hydrogen-bond donors (Lipinski definition) is 0. The molecule has 2 aromatic rings. The smallest absolute Gasteiger partial charge is 0.356 e. The van der Waals surface area contributed by atoms with Gasteiger partial charge >= 0.3 is 5.97 Å². The largest absolute Gasteiger partial charge is 0.464 e. The van der Waals surface area contributed by atoms with Gasteiger partial charge in [-0.3, -0.25) is 4.79 Å². The third kappa shape index (κ3) is 4.55. The summed E-state index contributed by atoms with van der Waals surface area (Å²) in [5, 5.41) is 0.518. The molecule has 0 bridgehead atoms. The standard InChI is InChI=1S/C34H47ClN2O3/c1-19(2)23-13-11-21(5)15-26(23)34(27-16-22(6)12-14-24(27)20(3)4)31(37-18-36-17-29(37)33(39)40-7)25-9-8-10-28(35)30(25)32(34)38/h8-10,17-24,26-27,31H,11-16H2,1-7H3. The Labute approximate surface area is 245 Å². The highest BCUT2D eigenvalue weighted by Gasteiger charge is 2.66. The summed E-state index contributed by atoms with van der Waals surface area (Å²) in [7, 11) is 1.41. The quantitative estimate of drug-likeness (QED) is 0.329. The van der Waals surface area contributed by atoms with E-state index >= 15 is 4.79 Å². The minimum Gasteiger partial charge on any atom is -0.464 e. The molecule has 7 atom stereocenters. The predicted octanol–water partition coefficient (Wildman–Crippen LogP) is 8.51. The molecule has 2 fully saturated rings. The molecule has 1 aromatic carbocycles. The SMILES string of the molecule is COC(=O)c1cncn1C1c2cccc(Cl)c2C(=O)C1(C1CC(C)CCC1C(C)C)C1CC(C)CCC1C(C)C. The van der Waals surface area contributed by atoms with Crippen molar-refractivity contribution in [3.05, 3.63) is 52.6 Å². The molecule has 0 radical (unpaired) electrons. The van der Waals surface area contributed by atoms with Gasteiger partial charge in [0, 0.05) is 5.56 Å². The molecule has 0 aliphatic heterocycles. The third-order valence-corrected chi connectivity index (χ3v) is 11.3. The van der Waals surface area contributed by atoms with Crippen molar-refractivity contribution in [2.45, 2.75) is 86.1 Å². The minimum absolute atomic E-state index is 0.168. The van der Waals surface area contributed by atoms with Crippen LogP contribution in [-0.4, -0.2) is 28.4 Å². The van der Waals surface area contributed by atoms with Crippen LogP contribution in [0, 0.1) is 52.8 Å². The molecular weight excluding hydrogens is 520 g/mol. The van der Waals surface area contributed by atoms with Gasteiger partial charge in [0.25, 0.3) is 0 Å². The fourth-order valence-electron chi connectivity index (χ4n) is 9.28. The zero-order valence-corrected chi connectivity index (χ0v) is 26.1. The summed E-state index contributed by atoms with van der Waals surface area (Å²) in [6.45, 7) is 14.0. The topological polar surface area (TPSA) is 61.2 Å². The van der Waals surface area contributed by atoms with Crippen molar-refractivity contribution in [1.29, 1.82) is 0 Å². The molecule has 7 unspecified atom stereocenters. The van der Waals surface area contributed by atoms with Gasteiger partial charge < -0.3 is 9.30 Å². The van der Waals surface area contributed by atoms with Crippen LogP contribution in [0.3, 0.4) is 0 Å². The lowest BCUT2D eigenvalue weighted by molar-refractivity contribution is -0.0668. The van der Waals surface area contributed by atoms with Gasteiger partial charge in [0.15, 0.2) is 5.78 Å². The van der Waals surface area contributed by atoms with Gasteiger partial charge in [0.05, 0.1) is 36.1 Å². The van der Waals surface area contributed by atoms with E-state index in [1.165, 1.54) is 20.0 Å². The van der Waals surface area contributed by atoms with E-state index in [9.17, 15) is 4.79 Å². The molecule has 0 spiro atoms. The number of hydrogen-bond acceptors (Lipinski definition) is 4. The molecule has 0 saturated heterocycles. The Kier molecular flexibility index (Phi) is 8.27. The van der Waals surface area contributed by atoms with E-state index in [1.54, 1.807) is 12.5 Å². The average molecular weight is 567 g/mol. The molecule has 0 N–H and O–H groups in total. The Balaban J connectivity index is 1.88. The van der Waals surface area contributed by atoms with E-state index in [-0.39, 0.29) is 23.7 Å². The van der Waals surface area contributed by atoms with Gasteiger partial charge in [-0.25, -0.2) is 9.78 Å². The number of benzene rings is 1. The predicted molar refractivity (Wildman–Crippen MR) is 160 cm³/mol. The number of aromatic nitrogens is 2. The lowest BCUT2D eigenvalue weighted by Gasteiger charge is -2.57. The molecule has 1 aromatic heterocycles. The van der Waals surface area contributed by atoms with Crippen molar-refractivity contribution in [3.8, 4) is 0 Å². The van der Waals surface area contributed by atoms with Crippen LogP contribution in [0.4, 0.5) is 0 Å². The first-order valence-electron chi connectivity index (χ1n) is 15.5. The first-order chi connectivity index (χ1) is 19.0. The number of carbonyl (C=O) groups excluding carboxylic acids is 2. The molecule has 5 rings (SSSR count). The molecule has 40 heavy (non-hydrogen) atoms. The summed E-state index contributed by atoms with van der Waals surface area (Å²) in [5.74, 6) is 2.88. The van der Waals surface area contributed by atoms with E-state index in [4.69, 9.17) is 16.3 Å². The molecule has 5 nitrogen and oxygen atoms in total. The van der Waals surface area contributed by atoms with Crippen LogP contribution < -0.4 is 0 Å². The summed E-state index contributed by atoms with van der Waals surface area (Å²) in [6, 6.07) is 5.52. The van der Waals surface area contributed by atoms with Gasteiger partial charge in [-0.05, 0) is 84.7 Å². The molecule has 1 heterocycles. The van der Waals surface area contributed by atoms with E-state index in [0.29, 0.717) is 51.8 Å². The third-order valence-electron chi connectivity index (χ3n) is 11.0. The second kappa shape index (κ2) is 11.3. The van der Waals surface area contributed by atoms with Crippen LogP contribution in [0.25, 0.3) is 0 Å². The number of fused-ring (bicyclic) bond motifs is 1. The summed E-state index contributed by atoms with van der Waals surface area (Å²) in [6.07, 6.45) is 9.99. The second-order valence-corrected chi connectivity index (χ2v) is 14.3. The molecule has 3 aliphatic carbocycles. The fourth-order valence-corrected chi connectivity index (χ4v) is 9.55. The maximum atomic E-state index is 15.5. The highest BCUT2D eigenvalue weighted by Crippen LogP contribution is 2.67. The number of ketones is 1. The minimum atomic E-state index is -0.732. The van der Waals surface area contributed by atoms with Crippen LogP contribution in [0.2, 0.25) is 5.02 Å². The number of carbonyl (C=O) groups is 2. The van der Waals surface area contributed by atoms with Gasteiger partial charge in [0.1, 0.15) is 5.69 Å². The summed E-state index contributed by atoms with van der Waals surface area (Å²) < 4.78 is 7.22. The number of rotatable bonds is 6. The van der Waals surface area contributed by atoms with Gasteiger partial charge in [0.2, 0.25) is 0 Å².